The molecule has 0 bridgehead atoms. The Bertz CT molecular complexity index is 447. The van der Waals surface area contributed by atoms with Crippen molar-refractivity contribution in [2.45, 2.75) is 143 Å². The maximum absolute atomic E-state index is 2.55. The third-order valence-corrected chi connectivity index (χ3v) is 5.85. The van der Waals surface area contributed by atoms with E-state index in [9.17, 15) is 0 Å². The highest BCUT2D eigenvalue weighted by molar-refractivity contribution is 4.86. The fourth-order valence-electron chi connectivity index (χ4n) is 4.08. The van der Waals surface area contributed by atoms with Gasteiger partial charge in [0.25, 0.3) is 5.82 Å². The molecule has 0 N–H and O–H groups in total. The van der Waals surface area contributed by atoms with Gasteiger partial charge in [0, 0.05) is 6.42 Å². The molecule has 0 aliphatic heterocycles. The molecule has 0 atom stereocenters. The second kappa shape index (κ2) is 16.2. The zero-order valence-electron chi connectivity index (χ0n) is 19.1. The number of aromatic nitrogens is 2. The predicted octanol–water partition coefficient (Wildman–Crippen LogP) is 7.79. The highest BCUT2D eigenvalue weighted by Crippen LogP contribution is 2.13. The lowest BCUT2D eigenvalue weighted by atomic mass is 10.1. The average Bonchev–Trinajstić information content (AvgIpc) is 3.06. The minimum atomic E-state index is 0.573. The molecular weight excluding hydrogens is 328 g/mol. The van der Waals surface area contributed by atoms with E-state index in [1.807, 2.05) is 0 Å². The van der Waals surface area contributed by atoms with E-state index in [1.165, 1.54) is 109 Å². The molecule has 0 radical (unpaired) electrons. The molecule has 2 heteroatoms. The summed E-state index contributed by atoms with van der Waals surface area (Å²) < 4.78 is 5.05. The van der Waals surface area contributed by atoms with Crippen molar-refractivity contribution < 1.29 is 4.57 Å². The summed E-state index contributed by atoms with van der Waals surface area (Å²) in [5.41, 5.74) is 0. The van der Waals surface area contributed by atoms with Gasteiger partial charge in [0.05, 0.1) is 12.6 Å². The first kappa shape index (κ1) is 24.2. The van der Waals surface area contributed by atoms with Crippen LogP contribution in [0.5, 0.6) is 0 Å². The van der Waals surface area contributed by atoms with Crippen LogP contribution in [0.15, 0.2) is 12.4 Å². The third kappa shape index (κ3) is 11.0. The summed E-state index contributed by atoms with van der Waals surface area (Å²) in [7, 11) is 0. The minimum Gasteiger partial charge on any atom is -0.234 e. The molecule has 1 aromatic heterocycles. The monoisotopic (exact) mass is 377 g/mol. The topological polar surface area (TPSA) is 8.81 Å². The number of hydrogen-bond acceptors (Lipinski definition) is 0. The number of aryl methyl sites for hydroxylation is 1. The van der Waals surface area contributed by atoms with Crippen molar-refractivity contribution in [3.63, 3.8) is 0 Å². The molecule has 27 heavy (non-hydrogen) atoms. The van der Waals surface area contributed by atoms with Gasteiger partial charge in [-0.15, -0.1) is 0 Å². The standard InChI is InChI=1S/C25H49N2/c1-5-7-9-11-13-15-17-19-21-26-22-23-27(24(3)4)25(26)20-18-16-14-12-10-8-6-2/h22-24H,5-21H2,1-4H3/q+1. The molecule has 2 nitrogen and oxygen atoms in total. The van der Waals surface area contributed by atoms with Gasteiger partial charge in [0.1, 0.15) is 12.4 Å². The zero-order valence-corrected chi connectivity index (χ0v) is 19.1. The Balaban J connectivity index is 2.30. The predicted molar refractivity (Wildman–Crippen MR) is 119 cm³/mol. The van der Waals surface area contributed by atoms with Gasteiger partial charge < -0.3 is 0 Å². The maximum Gasteiger partial charge on any atom is 0.256 e. The molecule has 1 rings (SSSR count). The number of imidazole rings is 1. The Morgan fingerprint density at radius 1 is 0.704 bits per heavy atom. The van der Waals surface area contributed by atoms with Gasteiger partial charge in [-0.2, -0.15) is 0 Å². The van der Waals surface area contributed by atoms with Gasteiger partial charge in [-0.25, -0.2) is 9.13 Å². The van der Waals surface area contributed by atoms with E-state index < -0.39 is 0 Å². The fourth-order valence-corrected chi connectivity index (χ4v) is 4.08. The van der Waals surface area contributed by atoms with Crippen LogP contribution in [0.1, 0.15) is 136 Å². The summed E-state index contributed by atoms with van der Waals surface area (Å²) in [5.74, 6) is 1.56. The van der Waals surface area contributed by atoms with E-state index in [1.54, 1.807) is 5.82 Å². The Labute approximate surface area is 170 Å². The SMILES string of the molecule is CCCCCCCCCC[n+]1ccn(C(C)C)c1CCCCCCCCC. The second-order valence-corrected chi connectivity index (χ2v) is 8.75. The van der Waals surface area contributed by atoms with Crippen molar-refractivity contribution in [3.05, 3.63) is 18.2 Å². The largest absolute Gasteiger partial charge is 0.256 e. The van der Waals surface area contributed by atoms with E-state index in [4.69, 9.17) is 0 Å². The maximum atomic E-state index is 2.55. The van der Waals surface area contributed by atoms with Crippen LogP contribution < -0.4 is 4.57 Å². The van der Waals surface area contributed by atoms with E-state index in [2.05, 4.69) is 49.2 Å². The molecule has 1 heterocycles. The zero-order chi connectivity index (χ0) is 19.7. The Kier molecular flexibility index (Phi) is 14.5. The van der Waals surface area contributed by atoms with Gasteiger partial charge >= 0.3 is 0 Å². The van der Waals surface area contributed by atoms with Crippen LogP contribution in [0, 0.1) is 0 Å². The summed E-state index contributed by atoms with van der Waals surface area (Å²) >= 11 is 0. The summed E-state index contributed by atoms with van der Waals surface area (Å²) in [6.45, 7) is 10.4. The molecule has 0 aromatic carbocycles. The average molecular weight is 378 g/mol. The summed E-state index contributed by atoms with van der Waals surface area (Å²) in [6, 6.07) is 0.573. The molecular formula is C25H49N2+. The molecule has 0 saturated carbocycles. The van der Waals surface area contributed by atoms with E-state index >= 15 is 0 Å². The molecule has 0 unspecified atom stereocenters. The number of hydrogen-bond donors (Lipinski definition) is 0. The normalized spacial score (nSPS) is 11.6. The van der Waals surface area contributed by atoms with Crippen LogP contribution >= 0.6 is 0 Å². The lowest BCUT2D eigenvalue weighted by Gasteiger charge is -2.08. The van der Waals surface area contributed by atoms with Crippen LogP contribution in [0.4, 0.5) is 0 Å². The van der Waals surface area contributed by atoms with Crippen molar-refractivity contribution in [3.8, 4) is 0 Å². The van der Waals surface area contributed by atoms with E-state index in [-0.39, 0.29) is 0 Å². The molecule has 0 saturated heterocycles. The molecule has 0 fully saturated rings. The lowest BCUT2D eigenvalue weighted by molar-refractivity contribution is -0.704. The van der Waals surface area contributed by atoms with Crippen LogP contribution in [0.3, 0.4) is 0 Å². The quantitative estimate of drug-likeness (QED) is 0.182. The Morgan fingerprint density at radius 3 is 1.70 bits per heavy atom. The van der Waals surface area contributed by atoms with Crippen molar-refractivity contribution in [2.24, 2.45) is 0 Å². The van der Waals surface area contributed by atoms with Crippen molar-refractivity contribution in [1.82, 2.24) is 4.57 Å². The van der Waals surface area contributed by atoms with Crippen molar-refractivity contribution in [2.75, 3.05) is 0 Å². The van der Waals surface area contributed by atoms with Crippen LogP contribution in [0.2, 0.25) is 0 Å². The van der Waals surface area contributed by atoms with Crippen LogP contribution in [0.25, 0.3) is 0 Å². The van der Waals surface area contributed by atoms with Gasteiger partial charge in [-0.3, -0.25) is 0 Å². The second-order valence-electron chi connectivity index (χ2n) is 8.75. The van der Waals surface area contributed by atoms with Gasteiger partial charge in [0.2, 0.25) is 0 Å². The van der Waals surface area contributed by atoms with Crippen LogP contribution in [-0.2, 0) is 13.0 Å². The molecule has 0 aliphatic rings. The minimum absolute atomic E-state index is 0.573. The molecule has 0 aliphatic carbocycles. The van der Waals surface area contributed by atoms with Gasteiger partial charge in [-0.05, 0) is 33.1 Å². The highest BCUT2D eigenvalue weighted by atomic mass is 15.2. The molecule has 1 aromatic rings. The third-order valence-electron chi connectivity index (χ3n) is 5.85. The lowest BCUT2D eigenvalue weighted by Crippen LogP contribution is -2.37. The van der Waals surface area contributed by atoms with Crippen molar-refractivity contribution in [1.29, 1.82) is 0 Å². The van der Waals surface area contributed by atoms with Gasteiger partial charge in [-0.1, -0.05) is 90.9 Å². The summed E-state index contributed by atoms with van der Waals surface area (Å²) in [6.07, 6.45) is 26.9. The van der Waals surface area contributed by atoms with E-state index in [0.29, 0.717) is 6.04 Å². The number of rotatable bonds is 18. The van der Waals surface area contributed by atoms with Gasteiger partial charge in [0.15, 0.2) is 0 Å². The fraction of sp³-hybridized carbons (Fsp3) is 0.880. The first-order chi connectivity index (χ1) is 13.2. The number of unbranched alkanes of at least 4 members (excludes halogenated alkanes) is 13. The Morgan fingerprint density at radius 2 is 1.19 bits per heavy atom. The summed E-state index contributed by atoms with van der Waals surface area (Å²) in [5, 5.41) is 0. The van der Waals surface area contributed by atoms with E-state index in [0.717, 1.165) is 0 Å². The smallest absolute Gasteiger partial charge is 0.234 e. The Hall–Kier alpha value is -0.790. The molecule has 0 amide bonds. The van der Waals surface area contributed by atoms with Crippen molar-refractivity contribution >= 4 is 0 Å². The number of nitrogens with zero attached hydrogens (tertiary/aromatic N) is 2. The highest BCUT2D eigenvalue weighted by Gasteiger charge is 2.18. The molecule has 158 valence electrons. The first-order valence-corrected chi connectivity index (χ1v) is 12.3. The van der Waals surface area contributed by atoms with Crippen LogP contribution in [-0.4, -0.2) is 4.57 Å². The first-order valence-electron chi connectivity index (χ1n) is 12.3. The summed E-state index contributed by atoms with van der Waals surface area (Å²) in [4.78, 5) is 0. The molecule has 0 spiro atoms.